The van der Waals surface area contributed by atoms with E-state index in [1.54, 1.807) is 48.8 Å². The van der Waals surface area contributed by atoms with Crippen molar-refractivity contribution in [1.29, 1.82) is 5.41 Å². The molecule has 0 saturated carbocycles. The van der Waals surface area contributed by atoms with Crippen LogP contribution in [-0.4, -0.2) is 15.9 Å². The van der Waals surface area contributed by atoms with Crippen molar-refractivity contribution < 1.29 is 5.11 Å². The van der Waals surface area contributed by atoms with E-state index in [0.29, 0.717) is 5.56 Å². The number of benzene rings is 1. The lowest BCUT2D eigenvalue weighted by Crippen LogP contribution is -2.11. The van der Waals surface area contributed by atoms with Crippen LogP contribution in [0.2, 0.25) is 0 Å². The first-order valence-electron chi connectivity index (χ1n) is 5.21. The summed E-state index contributed by atoms with van der Waals surface area (Å²) in [5.74, 6) is 0.0231. The molecule has 1 aromatic carbocycles. The number of pyridine rings is 1. The SMILES string of the molecule is N=C(N)c1ccc(C(O)c2ccncc2)cc1. The van der Waals surface area contributed by atoms with Gasteiger partial charge in [0.1, 0.15) is 11.9 Å². The molecule has 4 heteroatoms. The Kier molecular flexibility index (Phi) is 3.16. The fourth-order valence-corrected chi connectivity index (χ4v) is 1.58. The van der Waals surface area contributed by atoms with Crippen molar-refractivity contribution in [2.45, 2.75) is 6.10 Å². The van der Waals surface area contributed by atoms with Gasteiger partial charge in [0, 0.05) is 18.0 Å². The predicted octanol–water partition coefficient (Wildman–Crippen LogP) is 1.45. The minimum absolute atomic E-state index is 0.0231. The molecule has 1 heterocycles. The van der Waals surface area contributed by atoms with Crippen molar-refractivity contribution in [3.8, 4) is 0 Å². The maximum atomic E-state index is 10.1. The van der Waals surface area contributed by atoms with Crippen LogP contribution in [0.1, 0.15) is 22.8 Å². The number of nitrogens with zero attached hydrogens (tertiary/aromatic N) is 1. The molecule has 1 aromatic heterocycles. The number of nitrogens with one attached hydrogen (secondary N) is 1. The third-order valence-electron chi connectivity index (χ3n) is 2.56. The lowest BCUT2D eigenvalue weighted by atomic mass is 10.0. The van der Waals surface area contributed by atoms with Gasteiger partial charge >= 0.3 is 0 Å². The molecule has 2 rings (SSSR count). The van der Waals surface area contributed by atoms with Crippen LogP contribution < -0.4 is 5.73 Å². The van der Waals surface area contributed by atoms with E-state index in [1.165, 1.54) is 0 Å². The third-order valence-corrected chi connectivity index (χ3v) is 2.56. The first kappa shape index (κ1) is 11.3. The molecule has 0 aliphatic carbocycles. The summed E-state index contributed by atoms with van der Waals surface area (Å²) in [6.45, 7) is 0. The highest BCUT2D eigenvalue weighted by molar-refractivity contribution is 5.94. The fraction of sp³-hybridized carbons (Fsp3) is 0.0769. The maximum absolute atomic E-state index is 10.1. The molecule has 86 valence electrons. The molecule has 4 N–H and O–H groups in total. The Hall–Kier alpha value is -2.20. The van der Waals surface area contributed by atoms with E-state index in [9.17, 15) is 5.11 Å². The first-order chi connectivity index (χ1) is 8.18. The first-order valence-corrected chi connectivity index (χ1v) is 5.21. The summed E-state index contributed by atoms with van der Waals surface area (Å²) in [6, 6.07) is 10.5. The number of hydrogen-bond donors (Lipinski definition) is 3. The molecule has 4 nitrogen and oxygen atoms in total. The Bertz CT molecular complexity index is 508. The smallest absolute Gasteiger partial charge is 0.122 e. The highest BCUT2D eigenvalue weighted by Gasteiger charge is 2.09. The number of nitrogen functional groups attached to an aromatic ring is 1. The van der Waals surface area contributed by atoms with Gasteiger partial charge in [-0.1, -0.05) is 24.3 Å². The van der Waals surface area contributed by atoms with Crippen LogP contribution in [0.4, 0.5) is 0 Å². The largest absolute Gasteiger partial charge is 0.384 e. The summed E-state index contributed by atoms with van der Waals surface area (Å²) < 4.78 is 0. The standard InChI is InChI=1S/C13H13N3O/c14-13(15)11-3-1-9(2-4-11)12(17)10-5-7-16-8-6-10/h1-8,12,17H,(H3,14,15). The van der Waals surface area contributed by atoms with Crippen LogP contribution in [0, 0.1) is 5.41 Å². The summed E-state index contributed by atoms with van der Waals surface area (Å²) in [7, 11) is 0. The van der Waals surface area contributed by atoms with Gasteiger partial charge in [0.25, 0.3) is 0 Å². The Balaban J connectivity index is 2.26. The van der Waals surface area contributed by atoms with Crippen LogP contribution in [0.15, 0.2) is 48.8 Å². The second kappa shape index (κ2) is 4.76. The summed E-state index contributed by atoms with van der Waals surface area (Å²) in [5, 5.41) is 17.4. The van der Waals surface area contributed by atoms with Gasteiger partial charge in [-0.15, -0.1) is 0 Å². The number of nitrogens with two attached hydrogens (primary N) is 1. The zero-order valence-corrected chi connectivity index (χ0v) is 9.17. The molecule has 0 radical (unpaired) electrons. The Morgan fingerprint density at radius 3 is 2.12 bits per heavy atom. The van der Waals surface area contributed by atoms with Gasteiger partial charge < -0.3 is 10.8 Å². The molecule has 0 amide bonds. The van der Waals surface area contributed by atoms with Crippen LogP contribution in [0.5, 0.6) is 0 Å². The molecule has 1 unspecified atom stereocenters. The second-order valence-corrected chi connectivity index (χ2v) is 3.72. The predicted molar refractivity (Wildman–Crippen MR) is 65.8 cm³/mol. The Morgan fingerprint density at radius 1 is 1.06 bits per heavy atom. The van der Waals surface area contributed by atoms with Gasteiger partial charge in [-0.25, -0.2) is 0 Å². The molecular formula is C13H13N3O. The lowest BCUT2D eigenvalue weighted by molar-refractivity contribution is 0.220. The maximum Gasteiger partial charge on any atom is 0.122 e. The molecule has 0 aliphatic heterocycles. The Morgan fingerprint density at radius 2 is 1.59 bits per heavy atom. The molecular weight excluding hydrogens is 214 g/mol. The van der Waals surface area contributed by atoms with Crippen molar-refractivity contribution in [2.75, 3.05) is 0 Å². The number of rotatable bonds is 3. The van der Waals surface area contributed by atoms with E-state index in [4.69, 9.17) is 11.1 Å². The van der Waals surface area contributed by atoms with E-state index in [0.717, 1.165) is 11.1 Å². The zero-order chi connectivity index (χ0) is 12.3. The summed E-state index contributed by atoms with van der Waals surface area (Å²) in [4.78, 5) is 3.90. The van der Waals surface area contributed by atoms with Crippen LogP contribution in [0.3, 0.4) is 0 Å². The number of aliphatic hydroxyl groups is 1. The summed E-state index contributed by atoms with van der Waals surface area (Å²) in [6.07, 6.45) is 2.60. The lowest BCUT2D eigenvalue weighted by Gasteiger charge is -2.11. The van der Waals surface area contributed by atoms with Crippen molar-refractivity contribution in [1.82, 2.24) is 4.98 Å². The van der Waals surface area contributed by atoms with Gasteiger partial charge in [0.05, 0.1) is 0 Å². The van der Waals surface area contributed by atoms with E-state index in [1.807, 2.05) is 0 Å². The van der Waals surface area contributed by atoms with Crippen molar-refractivity contribution in [3.05, 3.63) is 65.5 Å². The normalized spacial score (nSPS) is 12.1. The number of hydrogen-bond acceptors (Lipinski definition) is 3. The van der Waals surface area contributed by atoms with Crippen molar-refractivity contribution >= 4 is 5.84 Å². The van der Waals surface area contributed by atoms with Gasteiger partial charge in [-0.05, 0) is 23.3 Å². The van der Waals surface area contributed by atoms with Crippen LogP contribution >= 0.6 is 0 Å². The van der Waals surface area contributed by atoms with Crippen LogP contribution in [0.25, 0.3) is 0 Å². The monoisotopic (exact) mass is 227 g/mol. The average Bonchev–Trinajstić information content (AvgIpc) is 2.39. The van der Waals surface area contributed by atoms with Crippen LogP contribution in [-0.2, 0) is 0 Å². The van der Waals surface area contributed by atoms with Crippen molar-refractivity contribution in [2.24, 2.45) is 5.73 Å². The highest BCUT2D eigenvalue weighted by Crippen LogP contribution is 2.21. The number of aromatic nitrogens is 1. The van der Waals surface area contributed by atoms with E-state index < -0.39 is 6.10 Å². The van der Waals surface area contributed by atoms with Gasteiger partial charge in [0.15, 0.2) is 0 Å². The zero-order valence-electron chi connectivity index (χ0n) is 9.17. The summed E-state index contributed by atoms with van der Waals surface area (Å²) >= 11 is 0. The van der Waals surface area contributed by atoms with Gasteiger partial charge in [-0.3, -0.25) is 10.4 Å². The van der Waals surface area contributed by atoms with Gasteiger partial charge in [-0.2, -0.15) is 0 Å². The topological polar surface area (TPSA) is 83.0 Å². The fourth-order valence-electron chi connectivity index (χ4n) is 1.58. The molecule has 2 aromatic rings. The average molecular weight is 227 g/mol. The minimum Gasteiger partial charge on any atom is -0.384 e. The molecule has 1 atom stereocenters. The summed E-state index contributed by atoms with van der Waals surface area (Å²) in [5.41, 5.74) is 7.56. The molecule has 0 fully saturated rings. The molecule has 0 saturated heterocycles. The van der Waals surface area contributed by atoms with E-state index >= 15 is 0 Å². The van der Waals surface area contributed by atoms with Gasteiger partial charge in [0.2, 0.25) is 0 Å². The third kappa shape index (κ3) is 2.49. The van der Waals surface area contributed by atoms with E-state index in [-0.39, 0.29) is 5.84 Å². The second-order valence-electron chi connectivity index (χ2n) is 3.72. The molecule has 0 bridgehead atoms. The molecule has 0 aliphatic rings. The Labute approximate surface area is 99.3 Å². The van der Waals surface area contributed by atoms with Crippen molar-refractivity contribution in [3.63, 3.8) is 0 Å². The minimum atomic E-state index is -0.681. The number of aliphatic hydroxyl groups excluding tert-OH is 1. The molecule has 17 heavy (non-hydrogen) atoms. The quantitative estimate of drug-likeness (QED) is 0.548. The number of amidine groups is 1. The van der Waals surface area contributed by atoms with E-state index in [2.05, 4.69) is 4.98 Å². The molecule has 0 spiro atoms. The highest BCUT2D eigenvalue weighted by atomic mass is 16.3.